The molecule has 0 saturated heterocycles. The van der Waals surface area contributed by atoms with Crippen molar-refractivity contribution in [2.45, 2.75) is 356 Å². The van der Waals surface area contributed by atoms with Crippen LogP contribution in [0.1, 0.15) is 350 Å². The molecule has 0 aromatic rings. The third kappa shape index (κ3) is 54.0. The van der Waals surface area contributed by atoms with Crippen molar-refractivity contribution in [3.05, 3.63) is 0 Å². The number of carbonyl (C=O) groups excluding carboxylic acids is 3. The molecule has 0 saturated carbocycles. The van der Waals surface area contributed by atoms with Crippen molar-refractivity contribution < 1.29 is 28.6 Å². The number of rotatable bonds is 56. The monoisotopic (exact) mass is 975 g/mol. The van der Waals surface area contributed by atoms with Crippen LogP contribution in [-0.4, -0.2) is 37.2 Å². The van der Waals surface area contributed by atoms with Gasteiger partial charge in [-0.25, -0.2) is 0 Å². The maximum absolute atomic E-state index is 12.9. The Labute approximate surface area is 431 Å². The molecule has 0 aliphatic heterocycles. The van der Waals surface area contributed by atoms with Crippen molar-refractivity contribution in [1.82, 2.24) is 0 Å². The summed E-state index contributed by atoms with van der Waals surface area (Å²) in [6.45, 7) is 13.8. The van der Waals surface area contributed by atoms with E-state index in [4.69, 9.17) is 14.2 Å². The summed E-state index contributed by atoms with van der Waals surface area (Å²) in [6, 6.07) is 0. The van der Waals surface area contributed by atoms with E-state index < -0.39 is 6.10 Å². The van der Waals surface area contributed by atoms with Crippen molar-refractivity contribution in [3.63, 3.8) is 0 Å². The van der Waals surface area contributed by atoms with Gasteiger partial charge in [0.1, 0.15) is 13.2 Å². The van der Waals surface area contributed by atoms with Crippen LogP contribution in [-0.2, 0) is 28.6 Å². The zero-order valence-corrected chi connectivity index (χ0v) is 47.6. The minimum atomic E-state index is -0.764. The average Bonchev–Trinajstić information content (AvgIpc) is 3.34. The Morgan fingerprint density at radius 3 is 0.754 bits per heavy atom. The van der Waals surface area contributed by atoms with Gasteiger partial charge in [0.05, 0.1) is 0 Å². The van der Waals surface area contributed by atoms with E-state index >= 15 is 0 Å². The molecule has 6 nitrogen and oxygen atoms in total. The van der Waals surface area contributed by atoms with Crippen LogP contribution in [0.3, 0.4) is 0 Å². The Morgan fingerprint density at radius 1 is 0.290 bits per heavy atom. The van der Waals surface area contributed by atoms with Gasteiger partial charge < -0.3 is 14.2 Å². The van der Waals surface area contributed by atoms with Crippen LogP contribution in [0.4, 0.5) is 0 Å². The molecule has 0 N–H and O–H groups in total. The van der Waals surface area contributed by atoms with E-state index in [0.717, 1.165) is 75.5 Å². The largest absolute Gasteiger partial charge is 0.462 e. The fraction of sp³-hybridized carbons (Fsp3) is 0.952. The lowest BCUT2D eigenvalue weighted by Crippen LogP contribution is -2.30. The summed E-state index contributed by atoms with van der Waals surface area (Å²) < 4.78 is 16.9. The van der Waals surface area contributed by atoms with Crippen LogP contribution in [0.25, 0.3) is 0 Å². The van der Waals surface area contributed by atoms with Crippen molar-refractivity contribution in [1.29, 1.82) is 0 Å². The number of hydrogen-bond donors (Lipinski definition) is 0. The van der Waals surface area contributed by atoms with Crippen LogP contribution in [0.5, 0.6) is 0 Å². The third-order valence-corrected chi connectivity index (χ3v) is 15.1. The van der Waals surface area contributed by atoms with Crippen LogP contribution in [0.2, 0.25) is 0 Å². The zero-order chi connectivity index (χ0) is 50.5. The summed E-state index contributed by atoms with van der Waals surface area (Å²) in [5, 5.41) is 0. The van der Waals surface area contributed by atoms with Gasteiger partial charge in [0.25, 0.3) is 0 Å². The highest BCUT2D eigenvalue weighted by Crippen LogP contribution is 2.20. The highest BCUT2D eigenvalue weighted by atomic mass is 16.6. The summed E-state index contributed by atoms with van der Waals surface area (Å²) in [6.07, 6.45) is 58.0. The van der Waals surface area contributed by atoms with Gasteiger partial charge in [-0.2, -0.15) is 0 Å². The molecule has 0 radical (unpaired) electrons. The predicted octanol–water partition coefficient (Wildman–Crippen LogP) is 20.7. The molecular weight excluding hydrogens is 853 g/mol. The average molecular weight is 976 g/mol. The van der Waals surface area contributed by atoms with Crippen LogP contribution in [0.15, 0.2) is 0 Å². The maximum atomic E-state index is 12.9. The first kappa shape index (κ1) is 67.4. The maximum Gasteiger partial charge on any atom is 0.306 e. The van der Waals surface area contributed by atoms with Gasteiger partial charge in [-0.15, -0.1) is 0 Å². The number of carbonyl (C=O) groups is 3. The lowest BCUT2D eigenvalue weighted by Gasteiger charge is -2.18. The molecule has 0 rings (SSSR count). The van der Waals surface area contributed by atoms with Gasteiger partial charge in [-0.3, -0.25) is 14.4 Å². The molecule has 69 heavy (non-hydrogen) atoms. The second-order valence-electron chi connectivity index (χ2n) is 22.7. The lowest BCUT2D eigenvalue weighted by molar-refractivity contribution is -0.167. The topological polar surface area (TPSA) is 78.9 Å². The standard InChI is InChI=1S/C63H122O6/c1-7-58(5)50-44-38-32-26-20-15-13-11-9-10-12-14-16-21-28-34-40-46-52-61(64)67-55-60(56-68-62(65)53-47-41-35-29-24-23-27-33-39-45-51-59(6)8-2)69-63(66)54-48-42-36-30-22-18-17-19-25-31-37-43-49-57(3)4/h57-60H,7-56H2,1-6H3/t58?,59?,60-/m0/s1. The van der Waals surface area contributed by atoms with Crippen molar-refractivity contribution in [3.8, 4) is 0 Å². The Bertz CT molecular complexity index is 1070. The van der Waals surface area contributed by atoms with Crippen LogP contribution < -0.4 is 0 Å². The lowest BCUT2D eigenvalue weighted by atomic mass is 9.99. The van der Waals surface area contributed by atoms with E-state index in [1.165, 1.54) is 231 Å². The molecule has 0 aromatic heterocycles. The molecule has 0 amide bonds. The van der Waals surface area contributed by atoms with E-state index in [-0.39, 0.29) is 31.1 Å². The number of esters is 3. The Balaban J connectivity index is 4.25. The number of unbranched alkanes of at least 4 members (excludes halogenated alkanes) is 37. The summed E-state index contributed by atoms with van der Waals surface area (Å²) in [5.74, 6) is 1.77. The second-order valence-corrected chi connectivity index (χ2v) is 22.7. The van der Waals surface area contributed by atoms with Crippen molar-refractivity contribution in [2.24, 2.45) is 17.8 Å². The normalized spacial score (nSPS) is 12.9. The van der Waals surface area contributed by atoms with Crippen LogP contribution in [0, 0.1) is 17.8 Å². The molecule has 3 atom stereocenters. The number of ether oxygens (including phenoxy) is 3. The quantitative estimate of drug-likeness (QED) is 0.0343. The molecule has 2 unspecified atom stereocenters. The Hall–Kier alpha value is -1.59. The van der Waals surface area contributed by atoms with E-state index in [1.807, 2.05) is 0 Å². The molecule has 0 spiro atoms. The van der Waals surface area contributed by atoms with Gasteiger partial charge in [0.2, 0.25) is 0 Å². The first-order chi connectivity index (χ1) is 33.7. The van der Waals surface area contributed by atoms with Crippen LogP contribution >= 0.6 is 0 Å². The molecule has 0 heterocycles. The fourth-order valence-corrected chi connectivity index (χ4v) is 9.64. The third-order valence-electron chi connectivity index (χ3n) is 15.1. The Morgan fingerprint density at radius 2 is 0.507 bits per heavy atom. The molecule has 0 aliphatic carbocycles. The number of hydrogen-bond acceptors (Lipinski definition) is 6. The Kier molecular flexibility index (Phi) is 52.9. The molecule has 0 fully saturated rings. The molecule has 0 bridgehead atoms. The van der Waals surface area contributed by atoms with E-state index in [0.29, 0.717) is 19.3 Å². The minimum Gasteiger partial charge on any atom is -0.462 e. The molecule has 0 aliphatic rings. The van der Waals surface area contributed by atoms with Gasteiger partial charge in [0, 0.05) is 19.3 Å². The van der Waals surface area contributed by atoms with Gasteiger partial charge in [0.15, 0.2) is 6.10 Å². The van der Waals surface area contributed by atoms with E-state index in [9.17, 15) is 14.4 Å². The van der Waals surface area contributed by atoms with E-state index in [2.05, 4.69) is 41.5 Å². The smallest absolute Gasteiger partial charge is 0.306 e. The minimum absolute atomic E-state index is 0.0631. The molecule has 0 aromatic carbocycles. The SMILES string of the molecule is CCC(C)CCCCCCCCCCCCCCCCCCCCC(=O)OC[C@@H](COC(=O)CCCCCCCCCCCCC(C)CC)OC(=O)CCCCCCCCCCCCCCC(C)C. The van der Waals surface area contributed by atoms with Crippen molar-refractivity contribution >= 4 is 17.9 Å². The van der Waals surface area contributed by atoms with Gasteiger partial charge in [-0.1, -0.05) is 311 Å². The van der Waals surface area contributed by atoms with E-state index in [1.54, 1.807) is 0 Å². The zero-order valence-electron chi connectivity index (χ0n) is 47.6. The van der Waals surface area contributed by atoms with Gasteiger partial charge >= 0.3 is 17.9 Å². The summed E-state index contributed by atoms with van der Waals surface area (Å²) in [7, 11) is 0. The second kappa shape index (κ2) is 54.2. The fourth-order valence-electron chi connectivity index (χ4n) is 9.64. The highest BCUT2D eigenvalue weighted by molar-refractivity contribution is 5.71. The highest BCUT2D eigenvalue weighted by Gasteiger charge is 2.19. The molecule has 410 valence electrons. The molecular formula is C63H122O6. The summed E-state index contributed by atoms with van der Waals surface area (Å²) in [5.41, 5.74) is 0. The van der Waals surface area contributed by atoms with Crippen molar-refractivity contribution in [2.75, 3.05) is 13.2 Å². The summed E-state index contributed by atoms with van der Waals surface area (Å²) >= 11 is 0. The first-order valence-electron chi connectivity index (χ1n) is 31.2. The molecule has 6 heteroatoms. The first-order valence-corrected chi connectivity index (χ1v) is 31.2. The predicted molar refractivity (Wildman–Crippen MR) is 298 cm³/mol. The van der Waals surface area contributed by atoms with Gasteiger partial charge in [-0.05, 0) is 37.0 Å². The summed E-state index contributed by atoms with van der Waals surface area (Å²) in [4.78, 5) is 38.2.